The molecule has 0 saturated heterocycles. The second-order valence-electron chi connectivity index (χ2n) is 3.47. The molecule has 64 valence electrons. The molecular weight excluding hydrogens is 140 g/mol. The molecule has 3 heteroatoms. The molecule has 0 radical (unpaired) electrons. The second-order valence-corrected chi connectivity index (χ2v) is 3.47. The highest BCUT2D eigenvalue weighted by Gasteiger charge is 2.34. The van der Waals surface area contributed by atoms with Crippen molar-refractivity contribution in [3.05, 3.63) is 0 Å². The van der Waals surface area contributed by atoms with Crippen molar-refractivity contribution in [1.29, 1.82) is 0 Å². The fourth-order valence-electron chi connectivity index (χ4n) is 1.53. The lowest BCUT2D eigenvalue weighted by atomic mass is 9.98. The van der Waals surface area contributed by atoms with Crippen molar-refractivity contribution in [1.82, 2.24) is 5.01 Å². The number of methoxy groups -OCH3 is 1. The van der Waals surface area contributed by atoms with Crippen molar-refractivity contribution >= 4 is 5.71 Å². The van der Waals surface area contributed by atoms with E-state index < -0.39 is 0 Å². The smallest absolute Gasteiger partial charge is 0.0832 e. The molecule has 0 spiro atoms. The van der Waals surface area contributed by atoms with Crippen LogP contribution in [-0.2, 0) is 4.74 Å². The molecule has 1 heterocycles. The van der Waals surface area contributed by atoms with Gasteiger partial charge in [-0.15, -0.1) is 0 Å². The molecule has 11 heavy (non-hydrogen) atoms. The monoisotopic (exact) mass is 156 g/mol. The van der Waals surface area contributed by atoms with E-state index in [9.17, 15) is 0 Å². The summed E-state index contributed by atoms with van der Waals surface area (Å²) in [6.07, 6.45) is 1.01. The number of likely N-dealkylation sites (N-methyl/N-ethyl adjacent to an activating group) is 1. The van der Waals surface area contributed by atoms with Gasteiger partial charge in [-0.1, -0.05) is 0 Å². The van der Waals surface area contributed by atoms with Gasteiger partial charge in [-0.3, -0.25) is 5.01 Å². The van der Waals surface area contributed by atoms with Crippen LogP contribution in [0.4, 0.5) is 0 Å². The molecule has 1 atom stereocenters. The Morgan fingerprint density at radius 2 is 2.36 bits per heavy atom. The summed E-state index contributed by atoms with van der Waals surface area (Å²) in [5.41, 5.74) is 1.27. The van der Waals surface area contributed by atoms with Crippen molar-refractivity contribution in [3.8, 4) is 0 Å². The van der Waals surface area contributed by atoms with Crippen LogP contribution in [0.25, 0.3) is 0 Å². The van der Waals surface area contributed by atoms with E-state index in [0.29, 0.717) is 0 Å². The molecule has 3 nitrogen and oxygen atoms in total. The Morgan fingerprint density at radius 1 is 1.73 bits per heavy atom. The molecule has 1 aliphatic heterocycles. The Morgan fingerprint density at radius 3 is 2.73 bits per heavy atom. The minimum absolute atomic E-state index is 0.0822. The largest absolute Gasteiger partial charge is 0.382 e. The van der Waals surface area contributed by atoms with Gasteiger partial charge in [-0.05, 0) is 13.8 Å². The Hall–Kier alpha value is -0.570. The van der Waals surface area contributed by atoms with Gasteiger partial charge in [0.2, 0.25) is 0 Å². The minimum atomic E-state index is 0.0822. The van der Waals surface area contributed by atoms with Gasteiger partial charge in [-0.25, -0.2) is 0 Å². The summed E-state index contributed by atoms with van der Waals surface area (Å²) in [4.78, 5) is 0. The first-order valence-electron chi connectivity index (χ1n) is 3.85. The van der Waals surface area contributed by atoms with E-state index >= 15 is 0 Å². The van der Waals surface area contributed by atoms with Crippen LogP contribution >= 0.6 is 0 Å². The van der Waals surface area contributed by atoms with Gasteiger partial charge in [0.15, 0.2) is 0 Å². The summed E-state index contributed by atoms with van der Waals surface area (Å²) in [5, 5.41) is 6.32. The molecule has 0 amide bonds. The lowest BCUT2D eigenvalue weighted by molar-refractivity contribution is 0.0562. The molecule has 0 aromatic carbocycles. The highest BCUT2D eigenvalue weighted by Crippen LogP contribution is 2.25. The van der Waals surface area contributed by atoms with E-state index in [1.807, 2.05) is 12.1 Å². The van der Waals surface area contributed by atoms with Crippen LogP contribution in [0, 0.1) is 0 Å². The number of ether oxygens (including phenoxy) is 1. The molecule has 0 fully saturated rings. The Balaban J connectivity index is 2.62. The predicted molar refractivity (Wildman–Crippen MR) is 45.8 cm³/mol. The fourth-order valence-corrected chi connectivity index (χ4v) is 1.53. The summed E-state index contributed by atoms with van der Waals surface area (Å²) in [6, 6.07) is 0. The average Bonchev–Trinajstić information content (AvgIpc) is 2.08. The molecular formula is C8H16N2O. The van der Waals surface area contributed by atoms with Gasteiger partial charge < -0.3 is 4.74 Å². The van der Waals surface area contributed by atoms with Crippen molar-refractivity contribution in [3.63, 3.8) is 0 Å². The first kappa shape index (κ1) is 8.53. The Labute approximate surface area is 68.0 Å². The van der Waals surface area contributed by atoms with Crippen molar-refractivity contribution in [2.45, 2.75) is 25.8 Å². The highest BCUT2D eigenvalue weighted by molar-refractivity contribution is 5.84. The van der Waals surface area contributed by atoms with E-state index in [1.165, 1.54) is 5.71 Å². The standard InChI is InChI=1S/C8H16N2O/c1-7-5-8(2,6-11-4)10(3)9-7/h5-6H2,1-4H3. The molecule has 1 unspecified atom stereocenters. The SMILES string of the molecule is COCC1(C)CC(C)=NN1C. The van der Waals surface area contributed by atoms with Crippen molar-refractivity contribution < 1.29 is 4.74 Å². The lowest BCUT2D eigenvalue weighted by Crippen LogP contribution is -2.41. The molecule has 0 bridgehead atoms. The maximum Gasteiger partial charge on any atom is 0.0832 e. The van der Waals surface area contributed by atoms with E-state index in [-0.39, 0.29) is 5.54 Å². The quantitative estimate of drug-likeness (QED) is 0.598. The molecule has 0 N–H and O–H groups in total. The zero-order valence-corrected chi connectivity index (χ0v) is 7.72. The van der Waals surface area contributed by atoms with Gasteiger partial charge in [0.1, 0.15) is 0 Å². The summed E-state index contributed by atoms with van der Waals surface area (Å²) >= 11 is 0. The Bertz CT molecular complexity index is 179. The van der Waals surface area contributed by atoms with E-state index in [1.54, 1.807) is 7.11 Å². The molecule has 0 aliphatic carbocycles. The van der Waals surface area contributed by atoms with E-state index in [4.69, 9.17) is 4.74 Å². The molecule has 1 aliphatic rings. The van der Waals surface area contributed by atoms with Gasteiger partial charge in [0.25, 0.3) is 0 Å². The molecule has 0 aromatic heterocycles. The van der Waals surface area contributed by atoms with Gasteiger partial charge >= 0.3 is 0 Å². The van der Waals surface area contributed by atoms with Crippen LogP contribution in [-0.4, -0.2) is 37.0 Å². The topological polar surface area (TPSA) is 24.8 Å². The number of hydrazone groups is 1. The third-order valence-corrected chi connectivity index (χ3v) is 2.19. The zero-order valence-electron chi connectivity index (χ0n) is 7.72. The van der Waals surface area contributed by atoms with Crippen molar-refractivity contribution in [2.75, 3.05) is 20.8 Å². The van der Waals surface area contributed by atoms with Gasteiger partial charge in [0.05, 0.1) is 12.1 Å². The number of hydrogen-bond acceptors (Lipinski definition) is 3. The van der Waals surface area contributed by atoms with E-state index in [0.717, 1.165) is 13.0 Å². The number of hydrogen-bond donors (Lipinski definition) is 0. The highest BCUT2D eigenvalue weighted by atomic mass is 16.5. The first-order chi connectivity index (χ1) is 5.08. The first-order valence-corrected chi connectivity index (χ1v) is 3.85. The molecule has 0 saturated carbocycles. The van der Waals surface area contributed by atoms with Crippen LogP contribution in [0.3, 0.4) is 0 Å². The van der Waals surface area contributed by atoms with Gasteiger partial charge in [-0.2, -0.15) is 5.10 Å². The van der Waals surface area contributed by atoms with Crippen molar-refractivity contribution in [2.24, 2.45) is 5.10 Å². The average molecular weight is 156 g/mol. The second kappa shape index (κ2) is 2.81. The maximum atomic E-state index is 5.13. The summed E-state index contributed by atoms with van der Waals surface area (Å²) in [6.45, 7) is 4.96. The van der Waals surface area contributed by atoms with Crippen LogP contribution < -0.4 is 0 Å². The minimum Gasteiger partial charge on any atom is -0.382 e. The normalized spacial score (nSPS) is 30.9. The predicted octanol–water partition coefficient (Wildman–Crippen LogP) is 1.10. The van der Waals surface area contributed by atoms with Crippen LogP contribution in [0.5, 0.6) is 0 Å². The number of nitrogens with zero attached hydrogens (tertiary/aromatic N) is 2. The van der Waals surface area contributed by atoms with Crippen LogP contribution in [0.15, 0.2) is 5.10 Å². The maximum absolute atomic E-state index is 5.13. The summed E-state index contributed by atoms with van der Waals surface area (Å²) in [5.74, 6) is 0. The third-order valence-electron chi connectivity index (χ3n) is 2.19. The lowest BCUT2D eigenvalue weighted by Gasteiger charge is -2.30. The zero-order chi connectivity index (χ0) is 8.48. The van der Waals surface area contributed by atoms with Gasteiger partial charge in [0, 0.05) is 26.3 Å². The molecule has 0 aromatic rings. The third kappa shape index (κ3) is 1.53. The summed E-state index contributed by atoms with van der Waals surface area (Å²) in [7, 11) is 3.72. The van der Waals surface area contributed by atoms with E-state index in [2.05, 4.69) is 18.9 Å². The number of rotatable bonds is 2. The molecule has 1 rings (SSSR count). The summed E-state index contributed by atoms with van der Waals surface area (Å²) < 4.78 is 5.13. The Kier molecular flexibility index (Phi) is 2.18. The fraction of sp³-hybridized carbons (Fsp3) is 0.875. The van der Waals surface area contributed by atoms with Crippen LogP contribution in [0.1, 0.15) is 20.3 Å². The van der Waals surface area contributed by atoms with Crippen LogP contribution in [0.2, 0.25) is 0 Å².